The second kappa shape index (κ2) is 6.02. The molecule has 0 radical (unpaired) electrons. The zero-order chi connectivity index (χ0) is 13.1. The number of carbonyl (C=O) groups is 1. The number of fused-ring (bicyclic) bond motifs is 1. The molecule has 0 spiro atoms. The largest absolute Gasteiger partial charge is 0.355 e. The number of nitrogens with two attached hydrogens (primary N) is 1. The van der Waals surface area contributed by atoms with Gasteiger partial charge in [0.25, 0.3) is 0 Å². The monoisotopic (exact) mass is 253 g/mol. The first-order valence-electron chi connectivity index (χ1n) is 7.31. The molecule has 3 unspecified atom stereocenters. The standard InChI is InChI=1S/C14H27N3O/c1-10(2)6-16-14(18)9-17-7-11-4-3-5-13(15)12(11)8-17/h10-13H,3-9,15H2,1-2H3,(H,16,18). The molecule has 1 saturated carbocycles. The summed E-state index contributed by atoms with van der Waals surface area (Å²) in [4.78, 5) is 14.1. The van der Waals surface area contributed by atoms with Crippen molar-refractivity contribution in [3.05, 3.63) is 0 Å². The fraction of sp³-hybridized carbons (Fsp3) is 0.929. The number of likely N-dealkylation sites (tertiary alicyclic amines) is 1. The molecule has 1 aliphatic carbocycles. The highest BCUT2D eigenvalue weighted by molar-refractivity contribution is 5.78. The maximum atomic E-state index is 11.8. The predicted molar refractivity (Wildman–Crippen MR) is 73.1 cm³/mol. The van der Waals surface area contributed by atoms with Crippen molar-refractivity contribution in [2.75, 3.05) is 26.2 Å². The lowest BCUT2D eigenvalue weighted by Gasteiger charge is -2.29. The highest BCUT2D eigenvalue weighted by atomic mass is 16.2. The Morgan fingerprint density at radius 1 is 1.39 bits per heavy atom. The average molecular weight is 253 g/mol. The minimum Gasteiger partial charge on any atom is -0.355 e. The van der Waals surface area contributed by atoms with Crippen molar-refractivity contribution in [2.24, 2.45) is 23.5 Å². The molecular weight excluding hydrogens is 226 g/mol. The third-order valence-electron chi connectivity index (χ3n) is 4.30. The van der Waals surface area contributed by atoms with E-state index in [0.717, 1.165) is 32.0 Å². The Morgan fingerprint density at radius 3 is 2.83 bits per heavy atom. The van der Waals surface area contributed by atoms with Crippen molar-refractivity contribution < 1.29 is 4.79 Å². The van der Waals surface area contributed by atoms with Gasteiger partial charge in [-0.2, -0.15) is 0 Å². The topological polar surface area (TPSA) is 58.4 Å². The summed E-state index contributed by atoms with van der Waals surface area (Å²) in [5.41, 5.74) is 6.18. The molecule has 2 fully saturated rings. The van der Waals surface area contributed by atoms with Crippen LogP contribution in [0, 0.1) is 17.8 Å². The Hall–Kier alpha value is -0.610. The molecule has 4 nitrogen and oxygen atoms in total. The van der Waals surface area contributed by atoms with Crippen molar-refractivity contribution >= 4 is 5.91 Å². The first kappa shape index (κ1) is 13.8. The van der Waals surface area contributed by atoms with Crippen LogP contribution in [-0.2, 0) is 4.79 Å². The zero-order valence-electron chi connectivity index (χ0n) is 11.7. The Bertz CT molecular complexity index is 293. The Balaban J connectivity index is 1.76. The zero-order valence-corrected chi connectivity index (χ0v) is 11.7. The van der Waals surface area contributed by atoms with Crippen LogP contribution in [0.3, 0.4) is 0 Å². The molecule has 1 amide bonds. The summed E-state index contributed by atoms with van der Waals surface area (Å²) in [6.07, 6.45) is 3.72. The van der Waals surface area contributed by atoms with Gasteiger partial charge in [-0.05, 0) is 30.6 Å². The summed E-state index contributed by atoms with van der Waals surface area (Å²) in [6.45, 7) is 7.63. The molecular formula is C14H27N3O. The predicted octanol–water partition coefficient (Wildman–Crippen LogP) is 0.818. The van der Waals surface area contributed by atoms with Gasteiger partial charge in [0.1, 0.15) is 0 Å². The SMILES string of the molecule is CC(C)CNC(=O)CN1CC2CCCC(N)C2C1. The Labute approximate surface area is 110 Å². The van der Waals surface area contributed by atoms with Gasteiger partial charge >= 0.3 is 0 Å². The summed E-state index contributed by atoms with van der Waals surface area (Å²) >= 11 is 0. The number of rotatable bonds is 4. The lowest BCUT2D eigenvalue weighted by atomic mass is 9.78. The fourth-order valence-corrected chi connectivity index (χ4v) is 3.31. The summed E-state index contributed by atoms with van der Waals surface area (Å²) in [5, 5.41) is 2.99. The number of hydrogen-bond acceptors (Lipinski definition) is 3. The van der Waals surface area contributed by atoms with Crippen molar-refractivity contribution in [3.8, 4) is 0 Å². The van der Waals surface area contributed by atoms with Crippen LogP contribution >= 0.6 is 0 Å². The van der Waals surface area contributed by atoms with Crippen molar-refractivity contribution in [1.82, 2.24) is 10.2 Å². The van der Waals surface area contributed by atoms with E-state index in [1.807, 2.05) is 0 Å². The van der Waals surface area contributed by atoms with Crippen molar-refractivity contribution in [1.29, 1.82) is 0 Å². The van der Waals surface area contributed by atoms with E-state index in [2.05, 4.69) is 24.1 Å². The van der Waals surface area contributed by atoms with E-state index < -0.39 is 0 Å². The molecule has 4 heteroatoms. The molecule has 1 heterocycles. The van der Waals surface area contributed by atoms with Gasteiger partial charge in [0.05, 0.1) is 6.54 Å². The molecule has 0 aromatic rings. The fourth-order valence-electron chi connectivity index (χ4n) is 3.31. The van der Waals surface area contributed by atoms with Gasteiger partial charge in [-0.3, -0.25) is 9.69 Å². The van der Waals surface area contributed by atoms with Crippen LogP contribution in [0.5, 0.6) is 0 Å². The van der Waals surface area contributed by atoms with Crippen LogP contribution in [0.1, 0.15) is 33.1 Å². The molecule has 2 rings (SSSR count). The van der Waals surface area contributed by atoms with Gasteiger partial charge in [0.2, 0.25) is 5.91 Å². The molecule has 0 aromatic heterocycles. The second-order valence-electron chi connectivity index (χ2n) is 6.41. The molecule has 2 aliphatic rings. The Kier molecular flexibility index (Phi) is 4.62. The first-order valence-corrected chi connectivity index (χ1v) is 7.31. The third-order valence-corrected chi connectivity index (χ3v) is 4.30. The van der Waals surface area contributed by atoms with Crippen LogP contribution in [0.15, 0.2) is 0 Å². The molecule has 0 aromatic carbocycles. The molecule has 18 heavy (non-hydrogen) atoms. The average Bonchev–Trinajstić information content (AvgIpc) is 2.70. The molecule has 1 aliphatic heterocycles. The Morgan fingerprint density at radius 2 is 2.17 bits per heavy atom. The molecule has 0 bridgehead atoms. The highest BCUT2D eigenvalue weighted by Gasteiger charge is 2.38. The van der Waals surface area contributed by atoms with Crippen LogP contribution in [0.25, 0.3) is 0 Å². The van der Waals surface area contributed by atoms with Crippen molar-refractivity contribution in [3.63, 3.8) is 0 Å². The van der Waals surface area contributed by atoms with Gasteiger partial charge in [-0.1, -0.05) is 20.3 Å². The summed E-state index contributed by atoms with van der Waals surface area (Å²) < 4.78 is 0. The highest BCUT2D eigenvalue weighted by Crippen LogP contribution is 2.35. The number of nitrogens with zero attached hydrogens (tertiary/aromatic N) is 1. The lowest BCUT2D eigenvalue weighted by molar-refractivity contribution is -0.122. The smallest absolute Gasteiger partial charge is 0.234 e. The van der Waals surface area contributed by atoms with Gasteiger partial charge in [0.15, 0.2) is 0 Å². The lowest BCUT2D eigenvalue weighted by Crippen LogP contribution is -2.39. The maximum Gasteiger partial charge on any atom is 0.234 e. The van der Waals surface area contributed by atoms with Crippen LogP contribution in [0.4, 0.5) is 0 Å². The van der Waals surface area contributed by atoms with Gasteiger partial charge in [-0.15, -0.1) is 0 Å². The molecule has 1 saturated heterocycles. The number of carbonyl (C=O) groups excluding carboxylic acids is 1. The first-order chi connectivity index (χ1) is 8.56. The quantitative estimate of drug-likeness (QED) is 0.780. The van der Waals surface area contributed by atoms with E-state index in [-0.39, 0.29) is 5.91 Å². The number of amides is 1. The van der Waals surface area contributed by atoms with Crippen LogP contribution in [0.2, 0.25) is 0 Å². The van der Waals surface area contributed by atoms with Crippen LogP contribution < -0.4 is 11.1 Å². The molecule has 3 N–H and O–H groups in total. The minimum atomic E-state index is 0.163. The van der Waals surface area contributed by atoms with Gasteiger partial charge in [-0.25, -0.2) is 0 Å². The summed E-state index contributed by atoms with van der Waals surface area (Å²) in [7, 11) is 0. The maximum absolute atomic E-state index is 11.8. The van der Waals surface area contributed by atoms with Gasteiger partial charge < -0.3 is 11.1 Å². The van der Waals surface area contributed by atoms with E-state index in [0.29, 0.717) is 24.4 Å². The number of hydrogen-bond donors (Lipinski definition) is 2. The van der Waals surface area contributed by atoms with E-state index in [1.54, 1.807) is 0 Å². The molecule has 3 atom stereocenters. The van der Waals surface area contributed by atoms with Crippen LogP contribution in [-0.4, -0.2) is 43.0 Å². The number of nitrogens with one attached hydrogen (secondary N) is 1. The summed E-state index contributed by atoms with van der Waals surface area (Å²) in [6, 6.07) is 0.354. The van der Waals surface area contributed by atoms with E-state index in [9.17, 15) is 4.79 Å². The van der Waals surface area contributed by atoms with E-state index in [4.69, 9.17) is 5.73 Å². The summed E-state index contributed by atoms with van der Waals surface area (Å²) in [5.74, 6) is 2.03. The minimum absolute atomic E-state index is 0.163. The molecule has 104 valence electrons. The van der Waals surface area contributed by atoms with Gasteiger partial charge in [0, 0.05) is 25.7 Å². The second-order valence-corrected chi connectivity index (χ2v) is 6.41. The third kappa shape index (κ3) is 3.45. The van der Waals surface area contributed by atoms with E-state index >= 15 is 0 Å². The van der Waals surface area contributed by atoms with Crippen molar-refractivity contribution in [2.45, 2.75) is 39.2 Å². The normalized spacial score (nSPS) is 32.6. The van der Waals surface area contributed by atoms with E-state index in [1.165, 1.54) is 12.8 Å².